The Bertz CT molecular complexity index is 1490. The molecule has 8 nitrogen and oxygen atoms in total. The molecule has 4 aromatic rings. The monoisotopic (exact) mass is 514 g/mol. The van der Waals surface area contributed by atoms with Crippen molar-refractivity contribution in [1.82, 2.24) is 14.5 Å². The van der Waals surface area contributed by atoms with Gasteiger partial charge in [0.15, 0.2) is 0 Å². The van der Waals surface area contributed by atoms with E-state index in [1.807, 2.05) is 6.92 Å². The first-order valence-corrected chi connectivity index (χ1v) is 12.7. The average molecular weight is 515 g/mol. The Morgan fingerprint density at radius 3 is 2.63 bits per heavy atom. The van der Waals surface area contributed by atoms with Crippen LogP contribution >= 0.6 is 22.9 Å². The van der Waals surface area contributed by atoms with Crippen LogP contribution in [0.1, 0.15) is 30.7 Å². The molecule has 0 saturated carbocycles. The summed E-state index contributed by atoms with van der Waals surface area (Å²) in [6.07, 6.45) is 0.680. The van der Waals surface area contributed by atoms with Crippen molar-refractivity contribution in [2.24, 2.45) is 0 Å². The molecule has 0 amide bonds. The van der Waals surface area contributed by atoms with Crippen LogP contribution in [0.15, 0.2) is 29.1 Å². The number of fused-ring (bicyclic) bond motifs is 5. The van der Waals surface area contributed by atoms with Gasteiger partial charge in [-0.25, -0.2) is 14.5 Å². The Labute approximate surface area is 211 Å². The van der Waals surface area contributed by atoms with Crippen molar-refractivity contribution in [3.05, 3.63) is 56.5 Å². The van der Waals surface area contributed by atoms with E-state index in [-0.39, 0.29) is 37.5 Å². The molecule has 0 atom stereocenters. The van der Waals surface area contributed by atoms with Gasteiger partial charge in [0, 0.05) is 41.2 Å². The minimum Gasteiger partial charge on any atom is -0.395 e. The summed E-state index contributed by atoms with van der Waals surface area (Å²) >= 11 is 7.60. The lowest BCUT2D eigenvalue weighted by atomic mass is 9.89. The number of aliphatic hydroxyl groups excluding tert-OH is 2. The maximum Gasteiger partial charge on any atom is 0.277 e. The van der Waals surface area contributed by atoms with Crippen LogP contribution < -0.4 is 10.5 Å². The quantitative estimate of drug-likeness (QED) is 0.405. The molecular formula is C25H27ClN4O4S. The van der Waals surface area contributed by atoms with Crippen LogP contribution in [0.25, 0.3) is 26.1 Å². The topological polar surface area (TPSA) is 101 Å². The van der Waals surface area contributed by atoms with Gasteiger partial charge in [0.1, 0.15) is 15.0 Å². The predicted octanol–water partition coefficient (Wildman–Crippen LogP) is 3.60. The van der Waals surface area contributed by atoms with Crippen LogP contribution in [0, 0.1) is 6.92 Å². The van der Waals surface area contributed by atoms with Crippen LogP contribution in [0.3, 0.4) is 0 Å². The van der Waals surface area contributed by atoms with Gasteiger partial charge in [-0.15, -0.1) is 11.3 Å². The van der Waals surface area contributed by atoms with E-state index in [2.05, 4.69) is 13.8 Å². The lowest BCUT2D eigenvalue weighted by Crippen LogP contribution is -2.36. The summed E-state index contributed by atoms with van der Waals surface area (Å²) in [4.78, 5) is 26.3. The van der Waals surface area contributed by atoms with Crippen molar-refractivity contribution < 1.29 is 14.9 Å². The Morgan fingerprint density at radius 1 is 1.20 bits per heavy atom. The SMILES string of the molecule is Cc1nc2sc3c(=O)n(-c4cccc(Cl)c4)c(N(CCO)CCO)nc3c2c2c1COC(C)(C)C2. The molecule has 0 spiro atoms. The van der Waals surface area contributed by atoms with Crippen LogP contribution in [0.5, 0.6) is 0 Å². The maximum absolute atomic E-state index is 14.0. The standard InChI is InChI=1S/C25H27ClN4O4S/c1-14-18-13-34-25(2,3)12-17(18)19-20-21(35-22(19)27-14)23(33)30(16-6-4-5-15(26)11-16)24(28-20)29(7-9-31)8-10-32/h4-6,11,31-32H,7-10,12-13H2,1-3H3. The lowest BCUT2D eigenvalue weighted by Gasteiger charge is -2.32. The summed E-state index contributed by atoms with van der Waals surface area (Å²) in [5.41, 5.74) is 3.61. The third kappa shape index (κ3) is 4.21. The van der Waals surface area contributed by atoms with Crippen molar-refractivity contribution in [3.63, 3.8) is 0 Å². The fourth-order valence-corrected chi connectivity index (χ4v) is 5.99. The molecule has 0 unspecified atom stereocenters. The molecule has 5 rings (SSSR count). The minimum absolute atomic E-state index is 0.157. The smallest absolute Gasteiger partial charge is 0.277 e. The first-order chi connectivity index (χ1) is 16.7. The third-order valence-corrected chi connectivity index (χ3v) is 7.64. The number of aliphatic hydroxyl groups is 2. The van der Waals surface area contributed by atoms with Crippen molar-refractivity contribution in [2.45, 2.75) is 39.4 Å². The van der Waals surface area contributed by atoms with E-state index >= 15 is 0 Å². The van der Waals surface area contributed by atoms with E-state index in [9.17, 15) is 15.0 Å². The Kier molecular flexibility index (Phi) is 6.31. The number of aromatic nitrogens is 3. The van der Waals surface area contributed by atoms with Crippen LogP contribution in [0.4, 0.5) is 5.95 Å². The number of rotatable bonds is 6. The summed E-state index contributed by atoms with van der Waals surface area (Å²) in [5, 5.41) is 20.8. The van der Waals surface area contributed by atoms with Crippen LogP contribution in [0.2, 0.25) is 5.02 Å². The second-order valence-corrected chi connectivity index (χ2v) is 10.7. The van der Waals surface area contributed by atoms with Gasteiger partial charge in [-0.2, -0.15) is 0 Å². The molecule has 35 heavy (non-hydrogen) atoms. The summed E-state index contributed by atoms with van der Waals surface area (Å²) in [6, 6.07) is 7.00. The maximum atomic E-state index is 14.0. The zero-order valence-corrected chi connectivity index (χ0v) is 21.4. The zero-order valence-electron chi connectivity index (χ0n) is 19.8. The van der Waals surface area contributed by atoms with Gasteiger partial charge in [0.05, 0.1) is 31.1 Å². The van der Waals surface area contributed by atoms with Crippen molar-refractivity contribution in [1.29, 1.82) is 0 Å². The molecule has 184 valence electrons. The number of hydrogen-bond donors (Lipinski definition) is 2. The molecular weight excluding hydrogens is 488 g/mol. The second kappa shape index (κ2) is 9.15. The van der Waals surface area contributed by atoms with Gasteiger partial charge >= 0.3 is 0 Å². The van der Waals surface area contributed by atoms with Gasteiger partial charge in [-0.3, -0.25) is 4.79 Å². The molecule has 10 heteroatoms. The molecule has 0 saturated heterocycles. The largest absolute Gasteiger partial charge is 0.395 e. The highest BCUT2D eigenvalue weighted by Crippen LogP contribution is 2.40. The molecule has 4 heterocycles. The average Bonchev–Trinajstić information content (AvgIpc) is 3.17. The van der Waals surface area contributed by atoms with E-state index in [0.29, 0.717) is 39.9 Å². The van der Waals surface area contributed by atoms with E-state index in [0.717, 1.165) is 27.0 Å². The number of ether oxygens (including phenoxy) is 1. The van der Waals surface area contributed by atoms with Crippen molar-refractivity contribution >= 4 is 49.3 Å². The lowest BCUT2D eigenvalue weighted by molar-refractivity contribution is -0.0400. The number of nitrogens with zero attached hydrogens (tertiary/aromatic N) is 4. The molecule has 0 radical (unpaired) electrons. The van der Waals surface area contributed by atoms with Crippen LogP contribution in [-0.4, -0.2) is 56.7 Å². The zero-order chi connectivity index (χ0) is 24.9. The fraction of sp³-hybridized carbons (Fsp3) is 0.400. The molecule has 0 aliphatic carbocycles. The number of thiophene rings is 1. The van der Waals surface area contributed by atoms with Gasteiger partial charge < -0.3 is 19.8 Å². The van der Waals surface area contributed by atoms with Gasteiger partial charge in [0.25, 0.3) is 5.56 Å². The van der Waals surface area contributed by atoms with Gasteiger partial charge in [-0.05, 0) is 44.5 Å². The Hall–Kier alpha value is -2.56. The molecule has 1 aliphatic heterocycles. The van der Waals surface area contributed by atoms with Crippen LogP contribution in [-0.2, 0) is 17.8 Å². The third-order valence-electron chi connectivity index (χ3n) is 6.34. The van der Waals surface area contributed by atoms with Crippen molar-refractivity contribution in [2.75, 3.05) is 31.2 Å². The highest BCUT2D eigenvalue weighted by molar-refractivity contribution is 7.25. The summed E-state index contributed by atoms with van der Waals surface area (Å²) in [6.45, 7) is 6.64. The summed E-state index contributed by atoms with van der Waals surface area (Å²) in [7, 11) is 0. The summed E-state index contributed by atoms with van der Waals surface area (Å²) in [5.74, 6) is 0.341. The summed E-state index contributed by atoms with van der Waals surface area (Å²) < 4.78 is 8.05. The van der Waals surface area contributed by atoms with Gasteiger partial charge in [-0.1, -0.05) is 17.7 Å². The molecule has 2 N–H and O–H groups in total. The number of benzene rings is 1. The highest BCUT2D eigenvalue weighted by atomic mass is 35.5. The van der Waals surface area contributed by atoms with Gasteiger partial charge in [0.2, 0.25) is 5.95 Å². The highest BCUT2D eigenvalue weighted by Gasteiger charge is 2.32. The van der Waals surface area contributed by atoms with E-state index in [1.165, 1.54) is 15.9 Å². The van der Waals surface area contributed by atoms with E-state index in [1.54, 1.807) is 29.2 Å². The minimum atomic E-state index is -0.347. The molecule has 0 fully saturated rings. The Balaban J connectivity index is 1.89. The first kappa shape index (κ1) is 24.1. The Morgan fingerprint density at radius 2 is 1.94 bits per heavy atom. The number of aryl methyl sites for hydroxylation is 1. The van der Waals surface area contributed by atoms with E-state index in [4.69, 9.17) is 26.3 Å². The van der Waals surface area contributed by atoms with E-state index < -0.39 is 0 Å². The van der Waals surface area contributed by atoms with Crippen molar-refractivity contribution in [3.8, 4) is 5.69 Å². The fourth-order valence-electron chi connectivity index (χ4n) is 4.69. The number of pyridine rings is 1. The molecule has 0 bridgehead atoms. The molecule has 3 aromatic heterocycles. The number of hydrogen-bond acceptors (Lipinski definition) is 8. The normalized spacial score (nSPS) is 15.0. The molecule has 1 aromatic carbocycles. The predicted molar refractivity (Wildman–Crippen MR) is 139 cm³/mol. The second-order valence-electron chi connectivity index (χ2n) is 9.31. The number of anilines is 1. The molecule has 1 aliphatic rings. The first-order valence-electron chi connectivity index (χ1n) is 11.5. The number of halogens is 1.